The van der Waals surface area contributed by atoms with Crippen molar-refractivity contribution in [3.63, 3.8) is 0 Å². The van der Waals surface area contributed by atoms with Gasteiger partial charge in [-0.3, -0.25) is 5.10 Å². The SMILES string of the molecule is CCc1n[nH]c(=S)n1/N=C\c1c(O)ccc2cc(Br)ccc12. The average Bonchev–Trinajstić information content (AvgIpc) is 2.86. The predicted octanol–water partition coefficient (Wildman–Crippen LogP) is 4.01. The van der Waals surface area contributed by atoms with Crippen LogP contribution in [0.15, 0.2) is 39.9 Å². The summed E-state index contributed by atoms with van der Waals surface area (Å²) in [6.07, 6.45) is 2.31. The van der Waals surface area contributed by atoms with Gasteiger partial charge in [0.2, 0.25) is 4.77 Å². The van der Waals surface area contributed by atoms with Crippen LogP contribution in [-0.2, 0) is 6.42 Å². The molecular weight excluding hydrogens is 364 g/mol. The largest absolute Gasteiger partial charge is 0.507 e. The molecule has 0 aliphatic rings. The van der Waals surface area contributed by atoms with Crippen LogP contribution in [0.1, 0.15) is 18.3 Å². The van der Waals surface area contributed by atoms with E-state index in [-0.39, 0.29) is 5.75 Å². The van der Waals surface area contributed by atoms with Gasteiger partial charge in [0.15, 0.2) is 5.82 Å². The number of aromatic amines is 1. The van der Waals surface area contributed by atoms with Crippen LogP contribution in [0.4, 0.5) is 0 Å². The first-order chi connectivity index (χ1) is 10.6. The first kappa shape index (κ1) is 14.9. The number of hydrogen-bond donors (Lipinski definition) is 2. The van der Waals surface area contributed by atoms with Crippen LogP contribution in [-0.4, -0.2) is 26.2 Å². The number of rotatable bonds is 3. The van der Waals surface area contributed by atoms with Gasteiger partial charge in [-0.1, -0.05) is 35.0 Å². The van der Waals surface area contributed by atoms with E-state index < -0.39 is 0 Å². The summed E-state index contributed by atoms with van der Waals surface area (Å²) >= 11 is 8.61. The molecule has 3 rings (SSSR count). The Morgan fingerprint density at radius 2 is 2.23 bits per heavy atom. The fourth-order valence-corrected chi connectivity index (χ4v) is 2.81. The number of nitrogens with zero attached hydrogens (tertiary/aromatic N) is 3. The number of fused-ring (bicyclic) bond motifs is 1. The number of halogens is 1. The molecule has 0 saturated heterocycles. The Kier molecular flexibility index (Phi) is 4.08. The van der Waals surface area contributed by atoms with Crippen molar-refractivity contribution in [3.05, 3.63) is 51.0 Å². The van der Waals surface area contributed by atoms with Gasteiger partial charge < -0.3 is 5.11 Å². The van der Waals surface area contributed by atoms with Gasteiger partial charge in [-0.25, -0.2) is 0 Å². The van der Waals surface area contributed by atoms with E-state index in [1.807, 2.05) is 31.2 Å². The van der Waals surface area contributed by atoms with E-state index in [0.29, 0.717) is 16.8 Å². The van der Waals surface area contributed by atoms with Crippen LogP contribution in [0.2, 0.25) is 0 Å². The highest BCUT2D eigenvalue weighted by Gasteiger charge is 2.07. The van der Waals surface area contributed by atoms with Gasteiger partial charge in [0.1, 0.15) is 5.75 Å². The molecule has 2 N–H and O–H groups in total. The number of hydrogen-bond acceptors (Lipinski definition) is 4. The maximum absolute atomic E-state index is 10.1. The summed E-state index contributed by atoms with van der Waals surface area (Å²) in [5.41, 5.74) is 0.648. The Bertz CT molecular complexity index is 929. The number of aromatic hydroxyl groups is 1. The highest BCUT2D eigenvalue weighted by molar-refractivity contribution is 9.10. The topological polar surface area (TPSA) is 66.2 Å². The van der Waals surface area contributed by atoms with E-state index in [1.54, 1.807) is 17.0 Å². The Balaban J connectivity index is 2.14. The molecule has 1 heterocycles. The fraction of sp³-hybridized carbons (Fsp3) is 0.133. The molecule has 0 aliphatic carbocycles. The molecule has 0 spiro atoms. The molecule has 2 aromatic carbocycles. The molecule has 7 heteroatoms. The maximum Gasteiger partial charge on any atom is 0.216 e. The third-order valence-electron chi connectivity index (χ3n) is 3.34. The fourth-order valence-electron chi connectivity index (χ4n) is 2.24. The lowest BCUT2D eigenvalue weighted by molar-refractivity contribution is 0.475. The molecule has 0 amide bonds. The van der Waals surface area contributed by atoms with Gasteiger partial charge in [-0.2, -0.15) is 14.9 Å². The van der Waals surface area contributed by atoms with E-state index in [0.717, 1.165) is 21.1 Å². The van der Waals surface area contributed by atoms with E-state index in [4.69, 9.17) is 12.2 Å². The van der Waals surface area contributed by atoms with Crippen LogP contribution in [0.3, 0.4) is 0 Å². The second kappa shape index (κ2) is 6.02. The van der Waals surface area contributed by atoms with Crippen molar-refractivity contribution in [2.75, 3.05) is 0 Å². The molecule has 112 valence electrons. The third-order valence-corrected chi connectivity index (χ3v) is 4.09. The highest BCUT2D eigenvalue weighted by atomic mass is 79.9. The van der Waals surface area contributed by atoms with Crippen molar-refractivity contribution in [2.24, 2.45) is 5.10 Å². The van der Waals surface area contributed by atoms with Crippen LogP contribution in [0, 0.1) is 4.77 Å². The van der Waals surface area contributed by atoms with Crippen LogP contribution >= 0.6 is 28.1 Å². The Morgan fingerprint density at radius 1 is 1.41 bits per heavy atom. The number of aryl methyl sites for hydroxylation is 1. The normalized spacial score (nSPS) is 11.5. The lowest BCUT2D eigenvalue weighted by atomic mass is 10.0. The highest BCUT2D eigenvalue weighted by Crippen LogP contribution is 2.28. The number of nitrogens with one attached hydrogen (secondary N) is 1. The summed E-state index contributed by atoms with van der Waals surface area (Å²) in [7, 11) is 0. The summed E-state index contributed by atoms with van der Waals surface area (Å²) in [6, 6.07) is 9.39. The van der Waals surface area contributed by atoms with Gasteiger partial charge in [0.05, 0.1) is 6.21 Å². The standard InChI is InChI=1S/C15H13BrN4OS/c1-2-14-18-19-15(22)20(14)17-8-12-11-5-4-10(16)7-9(11)3-6-13(12)21/h3-8,21H,2H2,1H3,(H,19,22)/b17-8-. The molecule has 0 bridgehead atoms. The summed E-state index contributed by atoms with van der Waals surface area (Å²) in [5, 5.41) is 23.3. The predicted molar refractivity (Wildman–Crippen MR) is 93.1 cm³/mol. The lowest BCUT2D eigenvalue weighted by Crippen LogP contribution is -1.98. The quantitative estimate of drug-likeness (QED) is 0.536. The molecule has 0 aliphatic heterocycles. The number of H-pyrrole nitrogens is 1. The van der Waals surface area contributed by atoms with Crippen molar-refractivity contribution in [3.8, 4) is 5.75 Å². The Morgan fingerprint density at radius 3 is 3.00 bits per heavy atom. The molecule has 22 heavy (non-hydrogen) atoms. The maximum atomic E-state index is 10.1. The number of phenolic OH excluding ortho intramolecular Hbond substituents is 1. The molecule has 0 unspecified atom stereocenters. The molecule has 0 radical (unpaired) electrons. The minimum absolute atomic E-state index is 0.173. The zero-order valence-electron chi connectivity index (χ0n) is 11.7. The molecular formula is C15H13BrN4OS. The average molecular weight is 377 g/mol. The second-order valence-corrected chi connectivity index (χ2v) is 6.02. The molecule has 5 nitrogen and oxygen atoms in total. The zero-order valence-corrected chi connectivity index (χ0v) is 14.1. The summed E-state index contributed by atoms with van der Waals surface area (Å²) in [6.45, 7) is 1.98. The van der Waals surface area contributed by atoms with Gasteiger partial charge >= 0.3 is 0 Å². The molecule has 0 fully saturated rings. The van der Waals surface area contributed by atoms with Gasteiger partial charge in [0, 0.05) is 16.5 Å². The Hall–Kier alpha value is -1.99. The molecule has 0 saturated carbocycles. The first-order valence-corrected chi connectivity index (χ1v) is 7.92. The zero-order chi connectivity index (χ0) is 15.7. The van der Waals surface area contributed by atoms with Crippen molar-refractivity contribution < 1.29 is 5.11 Å². The van der Waals surface area contributed by atoms with Crippen molar-refractivity contribution in [1.29, 1.82) is 0 Å². The van der Waals surface area contributed by atoms with Gasteiger partial charge in [-0.15, -0.1) is 0 Å². The van der Waals surface area contributed by atoms with Crippen LogP contribution in [0.5, 0.6) is 5.75 Å². The molecule has 1 aromatic heterocycles. The van der Waals surface area contributed by atoms with E-state index >= 15 is 0 Å². The van der Waals surface area contributed by atoms with Gasteiger partial charge in [0.25, 0.3) is 0 Å². The van der Waals surface area contributed by atoms with Crippen molar-refractivity contribution in [2.45, 2.75) is 13.3 Å². The smallest absolute Gasteiger partial charge is 0.216 e. The summed E-state index contributed by atoms with van der Waals surface area (Å²) < 4.78 is 2.97. The van der Waals surface area contributed by atoms with Crippen molar-refractivity contribution in [1.82, 2.24) is 14.9 Å². The lowest BCUT2D eigenvalue weighted by Gasteiger charge is -2.05. The molecule has 3 aromatic rings. The summed E-state index contributed by atoms with van der Waals surface area (Å²) in [4.78, 5) is 0. The summed E-state index contributed by atoms with van der Waals surface area (Å²) in [5.74, 6) is 0.912. The number of aromatic nitrogens is 3. The number of benzene rings is 2. The number of phenols is 1. The Labute approximate surface area is 140 Å². The van der Waals surface area contributed by atoms with Crippen LogP contribution < -0.4 is 0 Å². The second-order valence-electron chi connectivity index (χ2n) is 4.72. The molecule has 0 atom stereocenters. The monoisotopic (exact) mass is 376 g/mol. The minimum Gasteiger partial charge on any atom is -0.507 e. The van der Waals surface area contributed by atoms with E-state index in [1.165, 1.54) is 0 Å². The third kappa shape index (κ3) is 2.69. The van der Waals surface area contributed by atoms with E-state index in [2.05, 4.69) is 31.2 Å². The minimum atomic E-state index is 0.173. The first-order valence-electron chi connectivity index (χ1n) is 6.72. The van der Waals surface area contributed by atoms with Crippen LogP contribution in [0.25, 0.3) is 10.8 Å². The van der Waals surface area contributed by atoms with E-state index in [9.17, 15) is 5.11 Å². The van der Waals surface area contributed by atoms with Gasteiger partial charge in [-0.05, 0) is 41.2 Å². The van der Waals surface area contributed by atoms with Crippen molar-refractivity contribution >= 4 is 45.1 Å².